The minimum atomic E-state index is -3.53. The third-order valence-electron chi connectivity index (χ3n) is 4.66. The van der Waals surface area contributed by atoms with Gasteiger partial charge >= 0.3 is 0 Å². The van der Waals surface area contributed by atoms with E-state index in [4.69, 9.17) is 4.74 Å². The first-order valence-electron chi connectivity index (χ1n) is 9.24. The Hall–Kier alpha value is -2.12. The van der Waals surface area contributed by atoms with Crippen LogP contribution in [0.3, 0.4) is 0 Å². The molecule has 0 N–H and O–H groups in total. The Labute approximate surface area is 160 Å². The minimum Gasteiger partial charge on any atom is -0.494 e. The summed E-state index contributed by atoms with van der Waals surface area (Å²) in [5.74, 6) is 0.408. The van der Waals surface area contributed by atoms with E-state index in [1.807, 2.05) is 0 Å². The Kier molecular flexibility index (Phi) is 6.34. The molecule has 0 spiro atoms. The van der Waals surface area contributed by atoms with E-state index in [0.717, 1.165) is 18.5 Å². The van der Waals surface area contributed by atoms with Crippen LogP contribution < -0.4 is 9.64 Å². The number of anilines is 1. The predicted octanol–water partition coefficient (Wildman–Crippen LogP) is 3.52. The van der Waals surface area contributed by atoms with Crippen LogP contribution in [0.25, 0.3) is 0 Å². The summed E-state index contributed by atoms with van der Waals surface area (Å²) < 4.78 is 45.9. The quantitative estimate of drug-likeness (QED) is 0.677. The largest absolute Gasteiger partial charge is 0.494 e. The molecular weight excluding hydrogens is 367 g/mol. The van der Waals surface area contributed by atoms with Crippen LogP contribution in [0.15, 0.2) is 53.4 Å². The Morgan fingerprint density at radius 2 is 1.59 bits per heavy atom. The minimum absolute atomic E-state index is 0.276. The molecule has 27 heavy (non-hydrogen) atoms. The summed E-state index contributed by atoms with van der Waals surface area (Å²) in [5, 5.41) is 0. The average Bonchev–Trinajstić information content (AvgIpc) is 2.69. The lowest BCUT2D eigenvalue weighted by molar-refractivity contribution is 0.309. The molecule has 0 aromatic heterocycles. The molecule has 0 radical (unpaired) electrons. The zero-order chi connectivity index (χ0) is 19.3. The Balaban J connectivity index is 1.61. The van der Waals surface area contributed by atoms with Crippen LogP contribution in [-0.4, -0.2) is 45.5 Å². The molecule has 0 aliphatic carbocycles. The highest BCUT2D eigenvalue weighted by atomic mass is 32.2. The first kappa shape index (κ1) is 19.6. The molecule has 5 nitrogen and oxygen atoms in total. The van der Waals surface area contributed by atoms with Crippen LogP contribution in [0.5, 0.6) is 5.75 Å². The van der Waals surface area contributed by atoms with Gasteiger partial charge < -0.3 is 9.64 Å². The third kappa shape index (κ3) is 4.78. The van der Waals surface area contributed by atoms with Gasteiger partial charge in [-0.2, -0.15) is 4.31 Å². The zero-order valence-electron chi connectivity index (χ0n) is 15.5. The van der Waals surface area contributed by atoms with Gasteiger partial charge in [0.1, 0.15) is 11.6 Å². The maximum Gasteiger partial charge on any atom is 0.243 e. The second-order valence-electron chi connectivity index (χ2n) is 6.54. The number of sulfonamides is 1. The van der Waals surface area contributed by atoms with Crippen molar-refractivity contribution in [3.8, 4) is 5.75 Å². The molecule has 3 rings (SSSR count). The van der Waals surface area contributed by atoms with Crippen LogP contribution in [0.2, 0.25) is 0 Å². The molecule has 2 aromatic carbocycles. The van der Waals surface area contributed by atoms with Crippen LogP contribution in [-0.2, 0) is 10.0 Å². The van der Waals surface area contributed by atoms with Gasteiger partial charge in [-0.1, -0.05) is 13.3 Å². The first-order chi connectivity index (χ1) is 13.0. The van der Waals surface area contributed by atoms with Gasteiger partial charge in [0, 0.05) is 31.9 Å². The topological polar surface area (TPSA) is 49.9 Å². The fourth-order valence-corrected chi connectivity index (χ4v) is 4.45. The second kappa shape index (κ2) is 8.71. The number of nitrogens with zero attached hydrogens (tertiary/aromatic N) is 2. The van der Waals surface area contributed by atoms with Crippen LogP contribution >= 0.6 is 0 Å². The van der Waals surface area contributed by atoms with E-state index >= 15 is 0 Å². The van der Waals surface area contributed by atoms with Gasteiger partial charge in [-0.05, 0) is 55.0 Å². The maximum absolute atomic E-state index is 13.1. The maximum atomic E-state index is 13.1. The Bertz CT molecular complexity index is 831. The standard InChI is InChI=1S/C20H25FN2O3S/c1-2-3-16-26-19-8-10-20(11-9-19)27(24,25)23-14-12-22(13-15-23)18-6-4-17(21)5-7-18/h4-11H,2-3,12-16H2,1H3. The first-order valence-corrected chi connectivity index (χ1v) is 10.7. The van der Waals surface area contributed by atoms with Gasteiger partial charge in [0.2, 0.25) is 10.0 Å². The van der Waals surface area contributed by atoms with Gasteiger partial charge in [0.25, 0.3) is 0 Å². The molecule has 146 valence electrons. The molecule has 1 saturated heterocycles. The van der Waals surface area contributed by atoms with Crippen molar-refractivity contribution in [3.63, 3.8) is 0 Å². The summed E-state index contributed by atoms with van der Waals surface area (Å²) in [5.41, 5.74) is 0.905. The highest BCUT2D eigenvalue weighted by Crippen LogP contribution is 2.23. The predicted molar refractivity (Wildman–Crippen MR) is 104 cm³/mol. The van der Waals surface area contributed by atoms with E-state index in [9.17, 15) is 12.8 Å². The van der Waals surface area contributed by atoms with Gasteiger partial charge in [-0.15, -0.1) is 0 Å². The summed E-state index contributed by atoms with van der Waals surface area (Å²) in [7, 11) is -3.53. The molecule has 0 unspecified atom stereocenters. The third-order valence-corrected chi connectivity index (χ3v) is 6.57. The molecule has 1 fully saturated rings. The molecule has 0 saturated carbocycles. The molecule has 1 heterocycles. The number of piperazine rings is 1. The second-order valence-corrected chi connectivity index (χ2v) is 8.48. The number of hydrogen-bond donors (Lipinski definition) is 0. The van der Waals surface area contributed by atoms with Crippen LogP contribution in [0.1, 0.15) is 19.8 Å². The van der Waals surface area contributed by atoms with E-state index in [0.29, 0.717) is 38.5 Å². The van der Waals surface area contributed by atoms with Crippen molar-refractivity contribution in [1.82, 2.24) is 4.31 Å². The van der Waals surface area contributed by atoms with Crippen molar-refractivity contribution in [2.45, 2.75) is 24.7 Å². The van der Waals surface area contributed by atoms with Crippen molar-refractivity contribution < 1.29 is 17.5 Å². The van der Waals surface area contributed by atoms with E-state index in [1.165, 1.54) is 16.4 Å². The molecule has 0 atom stereocenters. The van der Waals surface area contributed by atoms with Crippen LogP contribution in [0.4, 0.5) is 10.1 Å². The van der Waals surface area contributed by atoms with Crippen molar-refractivity contribution in [3.05, 3.63) is 54.3 Å². The van der Waals surface area contributed by atoms with Gasteiger partial charge in [-0.3, -0.25) is 0 Å². The molecule has 0 bridgehead atoms. The Morgan fingerprint density at radius 3 is 2.19 bits per heavy atom. The molecule has 0 amide bonds. The Morgan fingerprint density at radius 1 is 0.963 bits per heavy atom. The zero-order valence-corrected chi connectivity index (χ0v) is 16.3. The van der Waals surface area contributed by atoms with Crippen LogP contribution in [0, 0.1) is 5.82 Å². The molecule has 7 heteroatoms. The highest BCUT2D eigenvalue weighted by Gasteiger charge is 2.28. The average molecular weight is 392 g/mol. The van der Waals surface area contributed by atoms with E-state index < -0.39 is 10.0 Å². The van der Waals surface area contributed by atoms with E-state index in [-0.39, 0.29) is 10.7 Å². The number of halogens is 1. The lowest BCUT2D eigenvalue weighted by Crippen LogP contribution is -2.48. The summed E-state index contributed by atoms with van der Waals surface area (Å²) >= 11 is 0. The smallest absolute Gasteiger partial charge is 0.243 e. The monoisotopic (exact) mass is 392 g/mol. The number of unbranched alkanes of at least 4 members (excludes halogenated alkanes) is 1. The van der Waals surface area contributed by atoms with Crippen molar-refractivity contribution in [2.24, 2.45) is 0 Å². The van der Waals surface area contributed by atoms with Gasteiger partial charge in [0.05, 0.1) is 11.5 Å². The molecule has 1 aliphatic rings. The summed E-state index contributed by atoms with van der Waals surface area (Å²) in [6, 6.07) is 12.9. The number of benzene rings is 2. The summed E-state index contributed by atoms with van der Waals surface area (Å²) in [6.45, 7) is 4.66. The van der Waals surface area contributed by atoms with Crippen molar-refractivity contribution in [1.29, 1.82) is 0 Å². The number of hydrogen-bond acceptors (Lipinski definition) is 4. The van der Waals surface area contributed by atoms with Crippen molar-refractivity contribution in [2.75, 3.05) is 37.7 Å². The molecule has 2 aromatic rings. The lowest BCUT2D eigenvalue weighted by atomic mass is 10.2. The fraction of sp³-hybridized carbons (Fsp3) is 0.400. The summed E-state index contributed by atoms with van der Waals surface area (Å²) in [6.07, 6.45) is 2.02. The molecular formula is C20H25FN2O3S. The fourth-order valence-electron chi connectivity index (χ4n) is 3.03. The summed E-state index contributed by atoms with van der Waals surface area (Å²) in [4.78, 5) is 2.34. The number of ether oxygens (including phenoxy) is 1. The molecule has 1 aliphatic heterocycles. The van der Waals surface area contributed by atoms with Gasteiger partial charge in [0.15, 0.2) is 0 Å². The SMILES string of the molecule is CCCCOc1ccc(S(=O)(=O)N2CCN(c3ccc(F)cc3)CC2)cc1. The van der Waals surface area contributed by atoms with Gasteiger partial charge in [-0.25, -0.2) is 12.8 Å². The van der Waals surface area contributed by atoms with E-state index in [2.05, 4.69) is 11.8 Å². The van der Waals surface area contributed by atoms with Crippen molar-refractivity contribution >= 4 is 15.7 Å². The number of rotatable bonds is 7. The van der Waals surface area contributed by atoms with E-state index in [1.54, 1.807) is 36.4 Å². The lowest BCUT2D eigenvalue weighted by Gasteiger charge is -2.35. The highest BCUT2D eigenvalue weighted by molar-refractivity contribution is 7.89. The normalized spacial score (nSPS) is 15.7.